The summed E-state index contributed by atoms with van der Waals surface area (Å²) in [5.74, 6) is 0. The Balaban J connectivity index is 2.74. The van der Waals surface area contributed by atoms with E-state index in [2.05, 4.69) is 5.32 Å². The first kappa shape index (κ1) is 6.08. The van der Waals surface area contributed by atoms with Crippen LogP contribution in [0.1, 0.15) is 6.92 Å². The van der Waals surface area contributed by atoms with Crippen molar-refractivity contribution in [1.82, 2.24) is 5.32 Å². The Morgan fingerprint density at radius 2 is 2.56 bits per heavy atom. The maximum absolute atomic E-state index is 6.91. The summed E-state index contributed by atoms with van der Waals surface area (Å²) in [5, 5.41) is 9.96. The molecule has 0 spiro atoms. The van der Waals surface area contributed by atoms with Gasteiger partial charge >= 0.3 is 0 Å². The topological polar surface area (TPSA) is 35.9 Å². The largest absolute Gasteiger partial charge is 0.387 e. The average molecular weight is 122 g/mol. The molecule has 48 valence electrons. The molecule has 0 amide bonds. The van der Waals surface area contributed by atoms with Crippen LogP contribution in [0.4, 0.5) is 0 Å². The highest BCUT2D eigenvalue weighted by Crippen LogP contribution is 2.02. The lowest BCUT2D eigenvalue weighted by atomic mass is 10.1. The molecule has 0 unspecified atom stereocenters. The average Bonchev–Trinajstić information content (AvgIpc) is 1.88. The quantitative estimate of drug-likeness (QED) is 0.501. The number of allylic oxidation sites excluding steroid dienone is 2. The van der Waals surface area contributed by atoms with Crippen LogP contribution >= 0.6 is 0 Å². The molecule has 9 heavy (non-hydrogen) atoms. The molecule has 2 N–H and O–H groups in total. The van der Waals surface area contributed by atoms with Gasteiger partial charge in [-0.15, -0.1) is 0 Å². The van der Waals surface area contributed by atoms with Crippen LogP contribution in [0.15, 0.2) is 23.4 Å². The van der Waals surface area contributed by atoms with Gasteiger partial charge < -0.3 is 10.7 Å². The second kappa shape index (κ2) is 2.49. The monoisotopic (exact) mass is 122 g/mol. The van der Waals surface area contributed by atoms with Crippen molar-refractivity contribution in [2.75, 3.05) is 6.54 Å². The Kier molecular flexibility index (Phi) is 1.68. The van der Waals surface area contributed by atoms with Gasteiger partial charge in [0, 0.05) is 24.5 Å². The summed E-state index contributed by atoms with van der Waals surface area (Å²) in [5.41, 5.74) is 2.22. The minimum absolute atomic E-state index is 0.914. The fraction of sp³-hybridized carbons (Fsp3) is 0.286. The van der Waals surface area contributed by atoms with E-state index < -0.39 is 0 Å². The van der Waals surface area contributed by atoms with Crippen molar-refractivity contribution >= 4 is 6.21 Å². The lowest BCUT2D eigenvalue weighted by Crippen LogP contribution is -2.13. The summed E-state index contributed by atoms with van der Waals surface area (Å²) in [7, 11) is 0. The van der Waals surface area contributed by atoms with E-state index in [-0.39, 0.29) is 0 Å². The second-order valence-corrected chi connectivity index (χ2v) is 2.16. The van der Waals surface area contributed by atoms with Crippen LogP contribution < -0.4 is 5.32 Å². The van der Waals surface area contributed by atoms with Gasteiger partial charge in [-0.3, -0.25) is 0 Å². The zero-order valence-corrected chi connectivity index (χ0v) is 5.44. The Bertz CT molecular complexity index is 177. The smallest absolute Gasteiger partial charge is 0.0355 e. The summed E-state index contributed by atoms with van der Waals surface area (Å²) >= 11 is 0. The maximum Gasteiger partial charge on any atom is 0.0355 e. The van der Waals surface area contributed by atoms with Gasteiger partial charge in [-0.1, -0.05) is 11.6 Å². The van der Waals surface area contributed by atoms with Crippen LogP contribution in [0, 0.1) is 5.41 Å². The molecular weight excluding hydrogens is 112 g/mol. The molecule has 2 heteroatoms. The summed E-state index contributed by atoms with van der Waals surface area (Å²) in [6.45, 7) is 2.96. The second-order valence-electron chi connectivity index (χ2n) is 2.16. The first-order chi connectivity index (χ1) is 4.33. The molecule has 0 radical (unpaired) electrons. The number of hydrogen-bond donors (Lipinski definition) is 2. The molecule has 0 saturated heterocycles. The lowest BCUT2D eigenvalue weighted by Gasteiger charge is -2.07. The van der Waals surface area contributed by atoms with Crippen molar-refractivity contribution in [1.29, 1.82) is 5.41 Å². The normalized spacial score (nSPS) is 17.4. The standard InChI is InChI=1S/C7H10N2/c1-6-2-7(3-8)5-9-4-6/h2-3,5,8-9H,4H2,1H3. The Labute approximate surface area is 54.8 Å². The molecule has 0 aromatic rings. The Morgan fingerprint density at radius 1 is 1.78 bits per heavy atom. The van der Waals surface area contributed by atoms with Crippen LogP contribution in [0.3, 0.4) is 0 Å². The van der Waals surface area contributed by atoms with Gasteiger partial charge in [-0.2, -0.15) is 0 Å². The fourth-order valence-corrected chi connectivity index (χ4v) is 0.790. The first-order valence-electron chi connectivity index (χ1n) is 2.94. The van der Waals surface area contributed by atoms with Crippen LogP contribution in [-0.2, 0) is 0 Å². The molecule has 0 aliphatic carbocycles. The molecule has 0 aromatic heterocycles. The SMILES string of the molecule is CC1=CC(C=N)=CNC1. The summed E-state index contributed by atoms with van der Waals surface area (Å²) in [4.78, 5) is 0. The zero-order valence-electron chi connectivity index (χ0n) is 5.44. The molecule has 0 saturated carbocycles. The number of dihydropyridines is 1. The minimum Gasteiger partial charge on any atom is -0.387 e. The first-order valence-corrected chi connectivity index (χ1v) is 2.94. The third kappa shape index (κ3) is 1.42. The van der Waals surface area contributed by atoms with E-state index in [1.165, 1.54) is 11.8 Å². The molecule has 1 heterocycles. The third-order valence-electron chi connectivity index (χ3n) is 1.23. The Hall–Kier alpha value is -1.05. The summed E-state index contributed by atoms with van der Waals surface area (Å²) < 4.78 is 0. The molecular formula is C7H10N2. The van der Waals surface area contributed by atoms with E-state index in [1.807, 2.05) is 19.2 Å². The van der Waals surface area contributed by atoms with Gasteiger partial charge in [-0.25, -0.2) is 0 Å². The van der Waals surface area contributed by atoms with Crippen molar-refractivity contribution in [3.05, 3.63) is 23.4 Å². The van der Waals surface area contributed by atoms with Crippen LogP contribution in [0.5, 0.6) is 0 Å². The van der Waals surface area contributed by atoms with Gasteiger partial charge in [-0.05, 0) is 6.92 Å². The highest BCUT2D eigenvalue weighted by Gasteiger charge is 1.95. The number of hydrogen-bond acceptors (Lipinski definition) is 2. The van der Waals surface area contributed by atoms with E-state index in [9.17, 15) is 0 Å². The third-order valence-corrected chi connectivity index (χ3v) is 1.23. The highest BCUT2D eigenvalue weighted by atomic mass is 14.8. The molecule has 1 aliphatic rings. The van der Waals surface area contributed by atoms with Crippen molar-refractivity contribution < 1.29 is 0 Å². The van der Waals surface area contributed by atoms with E-state index in [1.54, 1.807) is 0 Å². The van der Waals surface area contributed by atoms with Gasteiger partial charge in [0.15, 0.2) is 0 Å². The van der Waals surface area contributed by atoms with Gasteiger partial charge in [0.2, 0.25) is 0 Å². The van der Waals surface area contributed by atoms with E-state index in [0.29, 0.717) is 0 Å². The molecule has 0 aromatic carbocycles. The summed E-state index contributed by atoms with van der Waals surface area (Å²) in [6.07, 6.45) is 5.19. The van der Waals surface area contributed by atoms with E-state index >= 15 is 0 Å². The maximum atomic E-state index is 6.91. The van der Waals surface area contributed by atoms with E-state index in [0.717, 1.165) is 12.1 Å². The predicted octanol–water partition coefficient (Wildman–Crippen LogP) is 1.07. The van der Waals surface area contributed by atoms with E-state index in [4.69, 9.17) is 5.41 Å². The van der Waals surface area contributed by atoms with Gasteiger partial charge in [0.25, 0.3) is 0 Å². The van der Waals surface area contributed by atoms with Gasteiger partial charge in [0.1, 0.15) is 0 Å². The van der Waals surface area contributed by atoms with Crippen molar-refractivity contribution in [3.8, 4) is 0 Å². The van der Waals surface area contributed by atoms with Gasteiger partial charge in [0.05, 0.1) is 0 Å². The van der Waals surface area contributed by atoms with Crippen molar-refractivity contribution in [2.24, 2.45) is 0 Å². The highest BCUT2D eigenvalue weighted by molar-refractivity contribution is 5.80. The summed E-state index contributed by atoms with van der Waals surface area (Å²) in [6, 6.07) is 0. The number of rotatable bonds is 1. The predicted molar refractivity (Wildman–Crippen MR) is 38.6 cm³/mol. The minimum atomic E-state index is 0.914. The molecule has 2 nitrogen and oxygen atoms in total. The molecule has 1 aliphatic heterocycles. The molecule has 0 atom stereocenters. The lowest BCUT2D eigenvalue weighted by molar-refractivity contribution is 0.914. The Morgan fingerprint density at radius 3 is 3.00 bits per heavy atom. The van der Waals surface area contributed by atoms with Crippen LogP contribution in [0.25, 0.3) is 0 Å². The van der Waals surface area contributed by atoms with Crippen molar-refractivity contribution in [3.63, 3.8) is 0 Å². The van der Waals surface area contributed by atoms with Crippen molar-refractivity contribution in [2.45, 2.75) is 6.92 Å². The molecule has 1 rings (SSSR count). The number of nitrogens with one attached hydrogen (secondary N) is 2. The molecule has 0 fully saturated rings. The van der Waals surface area contributed by atoms with Crippen LogP contribution in [0.2, 0.25) is 0 Å². The van der Waals surface area contributed by atoms with Crippen LogP contribution in [-0.4, -0.2) is 12.8 Å². The molecule has 0 bridgehead atoms. The zero-order chi connectivity index (χ0) is 6.69. The fourth-order valence-electron chi connectivity index (χ4n) is 0.790.